The van der Waals surface area contributed by atoms with Gasteiger partial charge in [0.05, 0.1) is 0 Å². The molecule has 1 fully saturated rings. The van der Waals surface area contributed by atoms with Gasteiger partial charge in [-0.25, -0.2) is 0 Å². The van der Waals surface area contributed by atoms with E-state index in [0.29, 0.717) is 11.3 Å². The van der Waals surface area contributed by atoms with Gasteiger partial charge >= 0.3 is 0 Å². The molecule has 0 bridgehead atoms. The normalized spacial score (nSPS) is 32.0. The first-order valence-electron chi connectivity index (χ1n) is 5.30. The molecule has 0 spiro atoms. The molecule has 76 valence electrons. The summed E-state index contributed by atoms with van der Waals surface area (Å²) in [6.45, 7) is 2.27. The lowest BCUT2D eigenvalue weighted by Gasteiger charge is -2.16. The lowest BCUT2D eigenvalue weighted by Crippen LogP contribution is -2.13. The van der Waals surface area contributed by atoms with Gasteiger partial charge in [0.1, 0.15) is 0 Å². The monoisotopic (exact) mass is 209 g/mol. The molecular formula is C12H16ClN. The second-order valence-corrected chi connectivity index (χ2v) is 4.83. The molecule has 0 aliphatic heterocycles. The number of rotatable bonds is 2. The van der Waals surface area contributed by atoms with E-state index >= 15 is 0 Å². The van der Waals surface area contributed by atoms with E-state index in [2.05, 4.69) is 24.0 Å². The molecule has 1 aromatic rings. The molecule has 3 unspecified atom stereocenters. The van der Waals surface area contributed by atoms with Crippen molar-refractivity contribution >= 4 is 11.6 Å². The Labute approximate surface area is 90.5 Å². The zero-order valence-electron chi connectivity index (χ0n) is 8.49. The summed E-state index contributed by atoms with van der Waals surface area (Å²) in [6.07, 6.45) is 7.35. The second-order valence-electron chi connectivity index (χ2n) is 4.27. The standard InChI is InChI=1S/C12H16ClN/c1-9-11(2-3-12(9)13)8-10-4-6-14-7-5-10/h4-7,9,11-12H,2-3,8H2,1H3. The summed E-state index contributed by atoms with van der Waals surface area (Å²) in [4.78, 5) is 4.03. The fraction of sp³-hybridized carbons (Fsp3) is 0.583. The Balaban J connectivity index is 1.99. The summed E-state index contributed by atoms with van der Waals surface area (Å²) in [5.74, 6) is 1.42. The number of alkyl halides is 1. The highest BCUT2D eigenvalue weighted by Crippen LogP contribution is 2.37. The van der Waals surface area contributed by atoms with E-state index in [0.717, 1.165) is 12.3 Å². The van der Waals surface area contributed by atoms with Crippen molar-refractivity contribution in [1.29, 1.82) is 0 Å². The van der Waals surface area contributed by atoms with E-state index in [-0.39, 0.29) is 0 Å². The number of aromatic nitrogens is 1. The highest BCUT2D eigenvalue weighted by atomic mass is 35.5. The molecule has 1 aliphatic rings. The van der Waals surface area contributed by atoms with Gasteiger partial charge in [-0.2, -0.15) is 0 Å². The van der Waals surface area contributed by atoms with Crippen molar-refractivity contribution in [2.24, 2.45) is 11.8 Å². The highest BCUT2D eigenvalue weighted by molar-refractivity contribution is 6.20. The summed E-state index contributed by atoms with van der Waals surface area (Å²) in [7, 11) is 0. The lowest BCUT2D eigenvalue weighted by molar-refractivity contribution is 0.419. The summed E-state index contributed by atoms with van der Waals surface area (Å²) in [6, 6.07) is 4.21. The van der Waals surface area contributed by atoms with Gasteiger partial charge in [-0.1, -0.05) is 6.92 Å². The molecule has 0 radical (unpaired) electrons. The van der Waals surface area contributed by atoms with Crippen LogP contribution in [0, 0.1) is 11.8 Å². The molecule has 0 saturated heterocycles. The Kier molecular flexibility index (Phi) is 3.07. The third kappa shape index (κ3) is 2.09. The maximum atomic E-state index is 6.21. The Bertz CT molecular complexity index is 286. The number of pyridine rings is 1. The van der Waals surface area contributed by atoms with Crippen LogP contribution in [-0.4, -0.2) is 10.4 Å². The van der Waals surface area contributed by atoms with Crippen molar-refractivity contribution in [2.45, 2.75) is 31.6 Å². The zero-order valence-corrected chi connectivity index (χ0v) is 9.24. The Morgan fingerprint density at radius 1 is 1.36 bits per heavy atom. The molecule has 3 atom stereocenters. The first-order chi connectivity index (χ1) is 6.77. The SMILES string of the molecule is CC1C(Cl)CCC1Cc1ccncc1. The van der Waals surface area contributed by atoms with Gasteiger partial charge in [-0.15, -0.1) is 11.6 Å². The van der Waals surface area contributed by atoms with Gasteiger partial charge in [-0.3, -0.25) is 4.98 Å². The average Bonchev–Trinajstić information content (AvgIpc) is 2.52. The number of hydrogen-bond acceptors (Lipinski definition) is 1. The summed E-state index contributed by atoms with van der Waals surface area (Å²) in [5.41, 5.74) is 1.39. The maximum Gasteiger partial charge on any atom is 0.0364 e. The van der Waals surface area contributed by atoms with E-state index < -0.39 is 0 Å². The molecule has 1 aromatic heterocycles. The number of halogens is 1. The smallest absolute Gasteiger partial charge is 0.0364 e. The van der Waals surface area contributed by atoms with Crippen molar-refractivity contribution < 1.29 is 0 Å². The van der Waals surface area contributed by atoms with Gasteiger partial charge in [0, 0.05) is 17.8 Å². The average molecular weight is 210 g/mol. The van der Waals surface area contributed by atoms with E-state index in [1.807, 2.05) is 12.4 Å². The van der Waals surface area contributed by atoms with E-state index in [4.69, 9.17) is 11.6 Å². The molecule has 0 N–H and O–H groups in total. The molecule has 1 heterocycles. The molecule has 1 saturated carbocycles. The molecule has 0 amide bonds. The minimum Gasteiger partial charge on any atom is -0.265 e. The van der Waals surface area contributed by atoms with Gasteiger partial charge < -0.3 is 0 Å². The van der Waals surface area contributed by atoms with Crippen LogP contribution in [0.15, 0.2) is 24.5 Å². The van der Waals surface area contributed by atoms with Crippen LogP contribution < -0.4 is 0 Å². The van der Waals surface area contributed by atoms with Crippen molar-refractivity contribution in [3.63, 3.8) is 0 Å². The minimum atomic E-state index is 0.391. The first-order valence-corrected chi connectivity index (χ1v) is 5.74. The highest BCUT2D eigenvalue weighted by Gasteiger charge is 2.30. The van der Waals surface area contributed by atoms with E-state index in [1.54, 1.807) is 0 Å². The van der Waals surface area contributed by atoms with Gasteiger partial charge in [0.25, 0.3) is 0 Å². The van der Waals surface area contributed by atoms with Crippen LogP contribution in [0.2, 0.25) is 0 Å². The van der Waals surface area contributed by atoms with Crippen LogP contribution in [-0.2, 0) is 6.42 Å². The summed E-state index contributed by atoms with van der Waals surface area (Å²) >= 11 is 6.21. The van der Waals surface area contributed by atoms with Crippen LogP contribution >= 0.6 is 11.6 Å². The van der Waals surface area contributed by atoms with E-state index in [9.17, 15) is 0 Å². The Morgan fingerprint density at radius 2 is 2.07 bits per heavy atom. The van der Waals surface area contributed by atoms with Crippen molar-refractivity contribution in [3.05, 3.63) is 30.1 Å². The van der Waals surface area contributed by atoms with Gasteiger partial charge in [-0.05, 0) is 48.8 Å². The fourth-order valence-corrected chi connectivity index (χ4v) is 2.64. The van der Waals surface area contributed by atoms with Gasteiger partial charge in [0.15, 0.2) is 0 Å². The molecule has 0 aromatic carbocycles. The second kappa shape index (κ2) is 4.31. The van der Waals surface area contributed by atoms with Crippen molar-refractivity contribution in [3.8, 4) is 0 Å². The predicted octanol–water partition coefficient (Wildman–Crippen LogP) is 3.28. The van der Waals surface area contributed by atoms with Crippen LogP contribution in [0.4, 0.5) is 0 Å². The van der Waals surface area contributed by atoms with E-state index in [1.165, 1.54) is 18.4 Å². The molecule has 1 nitrogen and oxygen atoms in total. The quantitative estimate of drug-likeness (QED) is 0.682. The topological polar surface area (TPSA) is 12.9 Å². The molecule has 2 rings (SSSR count). The molecule has 1 aliphatic carbocycles. The largest absolute Gasteiger partial charge is 0.265 e. The summed E-state index contributed by atoms with van der Waals surface area (Å²) < 4.78 is 0. The predicted molar refractivity (Wildman–Crippen MR) is 59.5 cm³/mol. The Morgan fingerprint density at radius 3 is 2.64 bits per heavy atom. The van der Waals surface area contributed by atoms with Crippen LogP contribution in [0.5, 0.6) is 0 Å². The number of nitrogens with zero attached hydrogens (tertiary/aromatic N) is 1. The Hall–Kier alpha value is -0.560. The molecule has 2 heteroatoms. The van der Waals surface area contributed by atoms with Crippen LogP contribution in [0.25, 0.3) is 0 Å². The lowest BCUT2D eigenvalue weighted by atomic mass is 9.91. The van der Waals surface area contributed by atoms with Crippen LogP contribution in [0.3, 0.4) is 0 Å². The first kappa shape index (κ1) is 9.97. The minimum absolute atomic E-state index is 0.391. The van der Waals surface area contributed by atoms with Gasteiger partial charge in [0.2, 0.25) is 0 Å². The van der Waals surface area contributed by atoms with Crippen LogP contribution in [0.1, 0.15) is 25.3 Å². The van der Waals surface area contributed by atoms with Crippen molar-refractivity contribution in [2.75, 3.05) is 0 Å². The number of hydrogen-bond donors (Lipinski definition) is 0. The third-order valence-corrected chi connectivity index (χ3v) is 3.99. The fourth-order valence-electron chi connectivity index (χ4n) is 2.30. The summed E-state index contributed by atoms with van der Waals surface area (Å²) in [5, 5.41) is 0.391. The third-order valence-electron chi connectivity index (χ3n) is 3.37. The molecule has 14 heavy (non-hydrogen) atoms. The molecular weight excluding hydrogens is 194 g/mol. The maximum absolute atomic E-state index is 6.21. The zero-order chi connectivity index (χ0) is 9.97. The van der Waals surface area contributed by atoms with Crippen molar-refractivity contribution in [1.82, 2.24) is 4.98 Å².